The first-order valence-corrected chi connectivity index (χ1v) is 11.9. The van der Waals surface area contributed by atoms with Crippen LogP contribution in [0, 0.1) is 17.8 Å². The van der Waals surface area contributed by atoms with Gasteiger partial charge in [-0.15, -0.1) is 0 Å². The molecule has 3 heterocycles. The van der Waals surface area contributed by atoms with Gasteiger partial charge >= 0.3 is 0 Å². The molecule has 0 aromatic carbocycles. The van der Waals surface area contributed by atoms with Crippen molar-refractivity contribution < 1.29 is 28.5 Å². The quantitative estimate of drug-likeness (QED) is 0.614. The van der Waals surface area contributed by atoms with Gasteiger partial charge in [0.05, 0.1) is 38.5 Å². The van der Waals surface area contributed by atoms with Crippen molar-refractivity contribution in [2.24, 2.45) is 17.8 Å². The van der Waals surface area contributed by atoms with Gasteiger partial charge in [0.25, 0.3) is 0 Å². The van der Waals surface area contributed by atoms with Crippen molar-refractivity contribution in [3.05, 3.63) is 0 Å². The Morgan fingerprint density at radius 2 is 1.22 bits per heavy atom. The Hall–Kier alpha value is -1.22. The third-order valence-electron chi connectivity index (χ3n) is 7.25. The molecule has 0 radical (unpaired) electrons. The first-order chi connectivity index (χ1) is 14.7. The zero-order valence-electron chi connectivity index (χ0n) is 21.3. The van der Waals surface area contributed by atoms with Crippen molar-refractivity contribution in [3.8, 4) is 0 Å². The third kappa shape index (κ3) is 4.56. The van der Waals surface area contributed by atoms with Crippen LogP contribution < -0.4 is 0 Å². The SMILES string of the molecule is CC(C)[C@H]1COC(C)(C)N1C(=O)C[C@@H](C(=O)N1[C@@H](C(C)C)COC1(C)C)C1(C)OCCO1. The molecule has 3 rings (SSSR count). The molecule has 184 valence electrons. The summed E-state index contributed by atoms with van der Waals surface area (Å²) in [6.07, 6.45) is -0.0112. The van der Waals surface area contributed by atoms with Crippen molar-refractivity contribution >= 4 is 11.8 Å². The molecule has 0 unspecified atom stereocenters. The fraction of sp³-hybridized carbons (Fsp3) is 0.917. The minimum atomic E-state index is -1.16. The highest BCUT2D eigenvalue weighted by atomic mass is 16.7. The fourth-order valence-electron chi connectivity index (χ4n) is 5.23. The average Bonchev–Trinajstić information content (AvgIpc) is 3.34. The molecule has 2 amide bonds. The average molecular weight is 455 g/mol. The van der Waals surface area contributed by atoms with E-state index in [0.29, 0.717) is 26.4 Å². The predicted molar refractivity (Wildman–Crippen MR) is 119 cm³/mol. The van der Waals surface area contributed by atoms with E-state index in [4.69, 9.17) is 18.9 Å². The standard InChI is InChI=1S/C24H42N2O6/c1-15(2)18-13-31-22(5,6)25(18)20(27)12-17(24(9)29-10-11-30-24)21(28)26-19(16(3)4)14-32-23(26,7)8/h15-19H,10-14H2,1-9H3/t17-,18+,19+/m0/s1. The number of nitrogens with zero attached hydrogens (tertiary/aromatic N) is 2. The lowest BCUT2D eigenvalue weighted by atomic mass is 9.90. The summed E-state index contributed by atoms with van der Waals surface area (Å²) in [4.78, 5) is 31.4. The highest BCUT2D eigenvalue weighted by Crippen LogP contribution is 2.40. The number of ether oxygens (including phenoxy) is 4. The van der Waals surface area contributed by atoms with Gasteiger partial charge in [0.15, 0.2) is 5.79 Å². The maximum atomic E-state index is 14.1. The van der Waals surface area contributed by atoms with E-state index in [1.807, 2.05) is 32.6 Å². The van der Waals surface area contributed by atoms with E-state index >= 15 is 0 Å². The van der Waals surface area contributed by atoms with Crippen molar-refractivity contribution in [1.82, 2.24) is 9.80 Å². The Balaban J connectivity index is 1.93. The minimum absolute atomic E-state index is 0.0112. The van der Waals surface area contributed by atoms with Crippen LogP contribution in [0.5, 0.6) is 0 Å². The van der Waals surface area contributed by atoms with Gasteiger partial charge in [-0.3, -0.25) is 9.59 Å². The molecule has 0 aromatic rings. The van der Waals surface area contributed by atoms with Gasteiger partial charge in [-0.2, -0.15) is 0 Å². The van der Waals surface area contributed by atoms with Crippen LogP contribution in [0.1, 0.15) is 68.7 Å². The molecule has 0 saturated carbocycles. The second kappa shape index (κ2) is 8.85. The fourth-order valence-corrected chi connectivity index (χ4v) is 5.23. The van der Waals surface area contributed by atoms with Crippen molar-refractivity contribution in [2.45, 2.75) is 98.1 Å². The van der Waals surface area contributed by atoms with Crippen LogP contribution in [-0.2, 0) is 28.5 Å². The molecular weight excluding hydrogens is 412 g/mol. The van der Waals surface area contributed by atoms with Crippen LogP contribution >= 0.6 is 0 Å². The molecule has 0 N–H and O–H groups in total. The van der Waals surface area contributed by atoms with Crippen molar-refractivity contribution in [2.75, 3.05) is 26.4 Å². The molecule has 3 saturated heterocycles. The molecular formula is C24H42N2O6. The largest absolute Gasteiger partial charge is 0.354 e. The molecule has 3 atom stereocenters. The van der Waals surface area contributed by atoms with E-state index < -0.39 is 23.2 Å². The summed E-state index contributed by atoms with van der Waals surface area (Å²) in [6, 6.07) is -0.114. The molecule has 8 heteroatoms. The zero-order valence-corrected chi connectivity index (χ0v) is 21.3. The molecule has 3 aliphatic rings. The Morgan fingerprint density at radius 3 is 1.69 bits per heavy atom. The van der Waals surface area contributed by atoms with Gasteiger partial charge in [-0.05, 0) is 46.5 Å². The Morgan fingerprint density at radius 1 is 0.781 bits per heavy atom. The van der Waals surface area contributed by atoms with E-state index in [2.05, 4.69) is 27.7 Å². The first kappa shape index (κ1) is 25.4. The van der Waals surface area contributed by atoms with E-state index in [9.17, 15) is 9.59 Å². The summed E-state index contributed by atoms with van der Waals surface area (Å²) < 4.78 is 23.8. The van der Waals surface area contributed by atoms with Crippen LogP contribution in [0.3, 0.4) is 0 Å². The summed E-state index contributed by atoms with van der Waals surface area (Å²) in [5, 5.41) is 0. The van der Waals surface area contributed by atoms with Crippen LogP contribution in [-0.4, -0.2) is 77.4 Å². The third-order valence-corrected chi connectivity index (χ3v) is 7.25. The van der Waals surface area contributed by atoms with Gasteiger partial charge in [0.2, 0.25) is 11.8 Å². The predicted octanol–water partition coefficient (Wildman–Crippen LogP) is 2.99. The molecule has 0 aromatic heterocycles. The lowest BCUT2D eigenvalue weighted by molar-refractivity contribution is -0.204. The minimum Gasteiger partial charge on any atom is -0.354 e. The van der Waals surface area contributed by atoms with Crippen LogP contribution in [0.2, 0.25) is 0 Å². The highest BCUT2D eigenvalue weighted by Gasteiger charge is 2.54. The number of hydrogen-bond donors (Lipinski definition) is 0. The number of hydrogen-bond acceptors (Lipinski definition) is 6. The second-order valence-corrected chi connectivity index (χ2v) is 11.1. The van der Waals surface area contributed by atoms with Crippen LogP contribution in [0.15, 0.2) is 0 Å². The van der Waals surface area contributed by atoms with E-state index in [0.717, 1.165) is 0 Å². The van der Waals surface area contributed by atoms with Gasteiger partial charge in [-0.25, -0.2) is 0 Å². The number of amides is 2. The molecule has 3 fully saturated rings. The number of rotatable bonds is 6. The normalized spacial score (nSPS) is 29.8. The monoisotopic (exact) mass is 454 g/mol. The second-order valence-electron chi connectivity index (χ2n) is 11.1. The van der Waals surface area contributed by atoms with Gasteiger partial charge in [-0.1, -0.05) is 27.7 Å². The molecule has 0 bridgehead atoms. The summed E-state index contributed by atoms with van der Waals surface area (Å²) in [7, 11) is 0. The molecule has 0 aliphatic carbocycles. The van der Waals surface area contributed by atoms with Crippen molar-refractivity contribution in [3.63, 3.8) is 0 Å². The molecule has 8 nitrogen and oxygen atoms in total. The van der Waals surface area contributed by atoms with Crippen molar-refractivity contribution in [1.29, 1.82) is 0 Å². The Kier molecular flexibility index (Phi) is 7.03. The smallest absolute Gasteiger partial charge is 0.234 e. The van der Waals surface area contributed by atoms with E-state index in [-0.39, 0.29) is 42.2 Å². The Labute approximate surface area is 192 Å². The lowest BCUT2D eigenvalue weighted by Crippen LogP contribution is -2.58. The maximum Gasteiger partial charge on any atom is 0.234 e. The van der Waals surface area contributed by atoms with E-state index in [1.54, 1.807) is 11.8 Å². The summed E-state index contributed by atoms with van der Waals surface area (Å²) in [5.41, 5.74) is -1.49. The molecule has 3 aliphatic heterocycles. The molecule has 32 heavy (non-hydrogen) atoms. The lowest BCUT2D eigenvalue weighted by Gasteiger charge is -2.42. The number of carbonyl (C=O) groups is 2. The summed E-state index contributed by atoms with van der Waals surface area (Å²) in [5.74, 6) is -1.78. The zero-order chi connectivity index (χ0) is 24.1. The first-order valence-electron chi connectivity index (χ1n) is 11.9. The Bertz CT molecular complexity index is 713. The summed E-state index contributed by atoms with van der Waals surface area (Å²) >= 11 is 0. The number of carbonyl (C=O) groups excluding carboxylic acids is 2. The molecule has 0 spiro atoms. The van der Waals surface area contributed by atoms with Gasteiger partial charge in [0.1, 0.15) is 17.4 Å². The van der Waals surface area contributed by atoms with Crippen LogP contribution in [0.4, 0.5) is 0 Å². The maximum absolute atomic E-state index is 14.1. The highest BCUT2D eigenvalue weighted by molar-refractivity contribution is 5.88. The van der Waals surface area contributed by atoms with Crippen LogP contribution in [0.25, 0.3) is 0 Å². The van der Waals surface area contributed by atoms with Gasteiger partial charge < -0.3 is 28.7 Å². The van der Waals surface area contributed by atoms with E-state index in [1.165, 1.54) is 0 Å². The summed E-state index contributed by atoms with van der Waals surface area (Å²) in [6.45, 7) is 19.5. The topological polar surface area (TPSA) is 77.5 Å². The van der Waals surface area contributed by atoms with Gasteiger partial charge in [0, 0.05) is 6.42 Å².